The van der Waals surface area contributed by atoms with E-state index in [1.165, 1.54) is 25.5 Å². The molecule has 0 atom stereocenters. The number of nitrogens with zero attached hydrogens (tertiary/aromatic N) is 4. The molecule has 160 valence electrons. The lowest BCUT2D eigenvalue weighted by Gasteiger charge is -2.31. The molecule has 10 nitrogen and oxygen atoms in total. The zero-order chi connectivity index (χ0) is 20.8. The van der Waals surface area contributed by atoms with Gasteiger partial charge in [-0.3, -0.25) is 10.1 Å². The van der Waals surface area contributed by atoms with Crippen molar-refractivity contribution in [2.45, 2.75) is 69.9 Å². The normalized spacial score (nSPS) is 22.7. The molecule has 0 bridgehead atoms. The van der Waals surface area contributed by atoms with Crippen LogP contribution in [0.4, 0.5) is 22.2 Å². The summed E-state index contributed by atoms with van der Waals surface area (Å²) in [6, 6.07) is 0.364. The Kier molecular flexibility index (Phi) is 7.05. The topological polar surface area (TPSA) is 134 Å². The molecule has 1 aromatic heterocycles. The number of nitro groups is 1. The molecule has 0 saturated heterocycles. The summed E-state index contributed by atoms with van der Waals surface area (Å²) in [5.74, 6) is 1.10. The first-order valence-electron chi connectivity index (χ1n) is 10.4. The van der Waals surface area contributed by atoms with Crippen molar-refractivity contribution in [3.8, 4) is 0 Å². The van der Waals surface area contributed by atoms with E-state index in [-0.39, 0.29) is 17.5 Å². The Labute approximate surface area is 170 Å². The van der Waals surface area contributed by atoms with E-state index >= 15 is 0 Å². The van der Waals surface area contributed by atoms with Crippen LogP contribution in [0.25, 0.3) is 0 Å². The maximum atomic E-state index is 11.4. The van der Waals surface area contributed by atoms with Gasteiger partial charge in [0.25, 0.3) is 0 Å². The molecule has 0 aliphatic heterocycles. The van der Waals surface area contributed by atoms with Crippen molar-refractivity contribution in [3.63, 3.8) is 0 Å². The lowest BCUT2D eigenvalue weighted by Crippen LogP contribution is -2.37. The summed E-state index contributed by atoms with van der Waals surface area (Å²) in [4.78, 5) is 32.5. The van der Waals surface area contributed by atoms with E-state index in [1.807, 2.05) is 11.9 Å². The Morgan fingerprint density at radius 3 is 2.55 bits per heavy atom. The summed E-state index contributed by atoms with van der Waals surface area (Å²) in [6.07, 6.45) is 9.40. The number of carboxylic acid groups (broad SMARTS) is 1. The Morgan fingerprint density at radius 2 is 1.93 bits per heavy atom. The predicted octanol–water partition coefficient (Wildman–Crippen LogP) is 3.39. The van der Waals surface area contributed by atoms with Gasteiger partial charge in [0.1, 0.15) is 6.20 Å². The van der Waals surface area contributed by atoms with Crippen molar-refractivity contribution in [1.29, 1.82) is 0 Å². The minimum Gasteiger partial charge on any atom is -0.465 e. The third kappa shape index (κ3) is 5.68. The molecule has 2 saturated carbocycles. The van der Waals surface area contributed by atoms with Gasteiger partial charge in [-0.1, -0.05) is 19.3 Å². The van der Waals surface area contributed by atoms with Gasteiger partial charge < -0.3 is 20.6 Å². The molecule has 3 N–H and O–H groups in total. The maximum Gasteiger partial charge on any atom is 0.404 e. The molecule has 10 heteroatoms. The largest absolute Gasteiger partial charge is 0.465 e. The van der Waals surface area contributed by atoms with Gasteiger partial charge in [-0.25, -0.2) is 9.78 Å². The van der Waals surface area contributed by atoms with Crippen LogP contribution in [-0.4, -0.2) is 51.8 Å². The average Bonchev–Trinajstić information content (AvgIpc) is 2.72. The number of nitrogens with one attached hydrogen (secondary N) is 2. The van der Waals surface area contributed by atoms with Crippen LogP contribution in [0.1, 0.15) is 57.8 Å². The van der Waals surface area contributed by atoms with E-state index in [2.05, 4.69) is 20.6 Å². The first-order chi connectivity index (χ1) is 13.9. The van der Waals surface area contributed by atoms with Gasteiger partial charge in [-0.2, -0.15) is 4.98 Å². The molecular formula is C19H30N6O4. The van der Waals surface area contributed by atoms with Crippen molar-refractivity contribution in [3.05, 3.63) is 16.3 Å². The van der Waals surface area contributed by atoms with E-state index in [0.717, 1.165) is 38.5 Å². The molecule has 0 aromatic carbocycles. The highest BCUT2D eigenvalue weighted by atomic mass is 16.6. The Balaban J connectivity index is 1.62. The van der Waals surface area contributed by atoms with Crippen molar-refractivity contribution >= 4 is 23.5 Å². The Morgan fingerprint density at radius 1 is 1.24 bits per heavy atom. The number of aromatic nitrogens is 2. The van der Waals surface area contributed by atoms with Gasteiger partial charge in [0, 0.05) is 25.7 Å². The molecule has 1 heterocycles. The van der Waals surface area contributed by atoms with Gasteiger partial charge >= 0.3 is 11.8 Å². The second-order valence-electron chi connectivity index (χ2n) is 8.11. The van der Waals surface area contributed by atoms with E-state index in [9.17, 15) is 14.9 Å². The van der Waals surface area contributed by atoms with Crippen LogP contribution < -0.4 is 15.5 Å². The summed E-state index contributed by atoms with van der Waals surface area (Å²) in [5.41, 5.74) is -0.118. The summed E-state index contributed by atoms with van der Waals surface area (Å²) < 4.78 is 0. The van der Waals surface area contributed by atoms with Crippen LogP contribution in [0.2, 0.25) is 0 Å². The van der Waals surface area contributed by atoms with E-state index in [4.69, 9.17) is 5.11 Å². The molecule has 2 aliphatic rings. The molecule has 2 fully saturated rings. The molecule has 2 aliphatic carbocycles. The minimum absolute atomic E-state index is 0.00659. The molecule has 0 radical (unpaired) electrons. The number of hydrogen-bond acceptors (Lipinski definition) is 7. The van der Waals surface area contributed by atoms with E-state index < -0.39 is 11.0 Å². The molecule has 3 rings (SSSR count). The van der Waals surface area contributed by atoms with Crippen LogP contribution in [-0.2, 0) is 0 Å². The van der Waals surface area contributed by atoms with Gasteiger partial charge in [-0.15, -0.1) is 0 Å². The third-order valence-corrected chi connectivity index (χ3v) is 6.12. The lowest BCUT2D eigenvalue weighted by molar-refractivity contribution is -0.384. The van der Waals surface area contributed by atoms with Crippen LogP contribution in [0.15, 0.2) is 6.20 Å². The zero-order valence-electron chi connectivity index (χ0n) is 16.8. The van der Waals surface area contributed by atoms with Crippen molar-refractivity contribution in [2.75, 3.05) is 23.8 Å². The van der Waals surface area contributed by atoms with Crippen LogP contribution in [0.5, 0.6) is 0 Å². The highest BCUT2D eigenvalue weighted by Crippen LogP contribution is 2.29. The van der Waals surface area contributed by atoms with E-state index in [0.29, 0.717) is 24.5 Å². The fraction of sp³-hybridized carbons (Fsp3) is 0.737. The minimum atomic E-state index is -0.988. The standard InChI is InChI=1S/C19H30N6O4/c1-24(15-5-3-2-4-6-15)18-21-12-16(25(28)29)17(23-18)20-11-13-7-9-14(10-8-13)22-19(26)27/h12-15,22H,2-11H2,1H3,(H,26,27)(H,20,21,23). The van der Waals surface area contributed by atoms with Gasteiger partial charge in [0.15, 0.2) is 0 Å². The maximum absolute atomic E-state index is 11.4. The van der Waals surface area contributed by atoms with Crippen molar-refractivity contribution in [1.82, 2.24) is 15.3 Å². The smallest absolute Gasteiger partial charge is 0.404 e. The first kappa shape index (κ1) is 21.1. The quantitative estimate of drug-likeness (QED) is 0.463. The summed E-state index contributed by atoms with van der Waals surface area (Å²) in [5, 5.41) is 25.9. The monoisotopic (exact) mass is 406 g/mol. The second kappa shape index (κ2) is 9.71. The molecular weight excluding hydrogens is 376 g/mol. The number of anilines is 2. The van der Waals surface area contributed by atoms with Gasteiger partial charge in [0.05, 0.1) is 4.92 Å². The number of carbonyl (C=O) groups is 1. The highest BCUT2D eigenvalue weighted by molar-refractivity contribution is 5.64. The predicted molar refractivity (Wildman–Crippen MR) is 109 cm³/mol. The van der Waals surface area contributed by atoms with Crippen molar-refractivity contribution in [2.24, 2.45) is 5.92 Å². The molecule has 29 heavy (non-hydrogen) atoms. The fourth-order valence-electron chi connectivity index (χ4n) is 4.36. The van der Waals surface area contributed by atoms with Crippen LogP contribution in [0.3, 0.4) is 0 Å². The van der Waals surface area contributed by atoms with Crippen molar-refractivity contribution < 1.29 is 14.8 Å². The number of hydrogen-bond donors (Lipinski definition) is 3. The van der Waals surface area contributed by atoms with E-state index in [1.54, 1.807) is 0 Å². The third-order valence-electron chi connectivity index (χ3n) is 6.12. The van der Waals surface area contributed by atoms with Gasteiger partial charge in [0.2, 0.25) is 11.8 Å². The molecule has 0 spiro atoms. The molecule has 1 amide bonds. The van der Waals surface area contributed by atoms with Crippen LogP contribution in [0, 0.1) is 16.0 Å². The Bertz CT molecular complexity index is 717. The Hall–Kier alpha value is -2.65. The second-order valence-corrected chi connectivity index (χ2v) is 8.11. The highest BCUT2D eigenvalue weighted by Gasteiger charge is 2.26. The first-order valence-corrected chi connectivity index (χ1v) is 10.4. The van der Waals surface area contributed by atoms with Gasteiger partial charge in [-0.05, 0) is 44.4 Å². The summed E-state index contributed by atoms with van der Waals surface area (Å²) in [7, 11) is 1.96. The summed E-state index contributed by atoms with van der Waals surface area (Å²) in [6.45, 7) is 0.574. The zero-order valence-corrected chi connectivity index (χ0v) is 16.8. The number of amides is 1. The average molecular weight is 406 g/mol. The van der Waals surface area contributed by atoms with Crippen LogP contribution >= 0.6 is 0 Å². The lowest BCUT2D eigenvalue weighted by atomic mass is 9.86. The molecule has 1 aromatic rings. The fourth-order valence-corrected chi connectivity index (χ4v) is 4.36. The SMILES string of the molecule is CN(c1ncc([N+](=O)[O-])c(NCC2CCC(NC(=O)O)CC2)n1)C1CCCCC1. The number of rotatable bonds is 7. The summed E-state index contributed by atoms with van der Waals surface area (Å²) >= 11 is 0. The molecule has 0 unspecified atom stereocenters.